The molecule has 0 saturated carbocycles. The average Bonchev–Trinajstić information content (AvgIpc) is 2.55. The Morgan fingerprint density at radius 3 is 2.67 bits per heavy atom. The molecule has 1 aromatic rings. The minimum atomic E-state index is -0.128. The van der Waals surface area contributed by atoms with Crippen LogP contribution < -0.4 is 16.0 Å². The van der Waals surface area contributed by atoms with Crippen LogP contribution in [0.1, 0.15) is 36.5 Å². The molecule has 6 nitrogen and oxygen atoms in total. The van der Waals surface area contributed by atoms with Crippen LogP contribution in [0.4, 0.5) is 0 Å². The number of hydrogen-bond acceptors (Lipinski definition) is 4. The molecule has 2 fully saturated rings. The molecule has 7 heteroatoms. The van der Waals surface area contributed by atoms with Gasteiger partial charge in [-0.1, -0.05) is 23.7 Å². The van der Waals surface area contributed by atoms with Gasteiger partial charge in [0.15, 0.2) is 0 Å². The zero-order valence-corrected chi connectivity index (χ0v) is 14.5. The second-order valence-corrected chi connectivity index (χ2v) is 6.91. The Bertz CT molecular complexity index is 616. The van der Waals surface area contributed by atoms with Crippen molar-refractivity contribution in [1.82, 2.24) is 20.9 Å². The van der Waals surface area contributed by atoms with Gasteiger partial charge in [0.05, 0.1) is 10.6 Å². The highest BCUT2D eigenvalue weighted by Crippen LogP contribution is 2.17. The lowest BCUT2D eigenvalue weighted by atomic mass is 10.0. The van der Waals surface area contributed by atoms with Crippen molar-refractivity contribution in [1.29, 1.82) is 0 Å². The maximum atomic E-state index is 12.3. The van der Waals surface area contributed by atoms with Crippen molar-refractivity contribution >= 4 is 23.4 Å². The molecule has 0 spiro atoms. The van der Waals surface area contributed by atoms with Crippen LogP contribution in [-0.4, -0.2) is 48.2 Å². The number of rotatable bonds is 3. The van der Waals surface area contributed by atoms with E-state index in [1.165, 1.54) is 0 Å². The fourth-order valence-corrected chi connectivity index (χ4v) is 3.49. The van der Waals surface area contributed by atoms with Gasteiger partial charge in [0.2, 0.25) is 5.91 Å². The highest BCUT2D eigenvalue weighted by molar-refractivity contribution is 6.33. The van der Waals surface area contributed by atoms with Crippen molar-refractivity contribution in [3.63, 3.8) is 0 Å². The summed E-state index contributed by atoms with van der Waals surface area (Å²) in [5.41, 5.74) is 0.511. The Labute approximate surface area is 146 Å². The maximum absolute atomic E-state index is 12.3. The molecule has 24 heavy (non-hydrogen) atoms. The minimum absolute atomic E-state index is 0.0837. The number of benzene rings is 1. The molecule has 0 bridgehead atoms. The third-order valence-corrected chi connectivity index (χ3v) is 4.91. The van der Waals surface area contributed by atoms with Crippen molar-refractivity contribution in [2.24, 2.45) is 0 Å². The van der Waals surface area contributed by atoms with Crippen molar-refractivity contribution in [3.8, 4) is 0 Å². The molecule has 2 saturated heterocycles. The number of carbonyl (C=O) groups is 2. The lowest BCUT2D eigenvalue weighted by molar-refractivity contribution is -0.127. The number of carbonyl (C=O) groups excluding carboxylic acids is 2. The maximum Gasteiger partial charge on any atom is 0.253 e. The van der Waals surface area contributed by atoms with Gasteiger partial charge in [-0.25, -0.2) is 0 Å². The first-order valence-corrected chi connectivity index (χ1v) is 8.75. The molecular weight excluding hydrogens is 328 g/mol. The second-order valence-electron chi connectivity index (χ2n) is 6.51. The topological polar surface area (TPSA) is 73.5 Å². The Kier molecular flexibility index (Phi) is 5.38. The summed E-state index contributed by atoms with van der Waals surface area (Å²) in [4.78, 5) is 26.2. The molecule has 2 atom stereocenters. The number of nitrogens with one attached hydrogen (secondary N) is 3. The van der Waals surface area contributed by atoms with Gasteiger partial charge in [0.25, 0.3) is 5.91 Å². The predicted molar refractivity (Wildman–Crippen MR) is 92.7 cm³/mol. The van der Waals surface area contributed by atoms with E-state index in [0.717, 1.165) is 25.9 Å². The molecule has 0 aromatic heterocycles. The van der Waals surface area contributed by atoms with Crippen molar-refractivity contribution in [3.05, 3.63) is 34.9 Å². The zero-order chi connectivity index (χ0) is 17.1. The summed E-state index contributed by atoms with van der Waals surface area (Å²) in [7, 11) is 0. The Morgan fingerprint density at radius 1 is 1.29 bits per heavy atom. The Balaban J connectivity index is 1.51. The van der Waals surface area contributed by atoms with E-state index in [9.17, 15) is 9.59 Å². The van der Waals surface area contributed by atoms with Crippen molar-refractivity contribution in [2.45, 2.75) is 44.6 Å². The molecule has 3 rings (SSSR count). The number of amides is 2. The summed E-state index contributed by atoms with van der Waals surface area (Å²) in [6, 6.07) is 7.38. The number of halogens is 1. The molecular formula is C17H23ClN4O2. The van der Waals surface area contributed by atoms with Crippen LogP contribution in [0, 0.1) is 0 Å². The first kappa shape index (κ1) is 17.2. The van der Waals surface area contributed by atoms with Crippen molar-refractivity contribution < 1.29 is 9.59 Å². The highest BCUT2D eigenvalue weighted by Gasteiger charge is 2.30. The minimum Gasteiger partial charge on any atom is -0.349 e. The molecule has 2 amide bonds. The van der Waals surface area contributed by atoms with Crippen LogP contribution in [0.5, 0.6) is 0 Å². The summed E-state index contributed by atoms with van der Waals surface area (Å²) in [5, 5.41) is 9.90. The molecule has 2 unspecified atom stereocenters. The summed E-state index contributed by atoms with van der Waals surface area (Å²) in [6.07, 6.45) is 2.10. The number of hydrogen-bond donors (Lipinski definition) is 3. The molecule has 3 N–H and O–H groups in total. The molecule has 2 heterocycles. The Morgan fingerprint density at radius 2 is 2.00 bits per heavy atom. The van der Waals surface area contributed by atoms with Crippen LogP contribution >= 0.6 is 11.6 Å². The monoisotopic (exact) mass is 350 g/mol. The van der Waals surface area contributed by atoms with Crippen LogP contribution in [0.2, 0.25) is 5.02 Å². The van der Waals surface area contributed by atoms with Crippen LogP contribution in [0.25, 0.3) is 0 Å². The van der Waals surface area contributed by atoms with E-state index in [1.807, 2.05) is 19.1 Å². The van der Waals surface area contributed by atoms with Crippen molar-refractivity contribution in [2.75, 3.05) is 13.1 Å². The molecule has 0 radical (unpaired) electrons. The third-order valence-electron chi connectivity index (χ3n) is 4.58. The van der Waals surface area contributed by atoms with E-state index in [0.29, 0.717) is 17.0 Å². The molecule has 0 aliphatic carbocycles. The first-order valence-electron chi connectivity index (χ1n) is 8.38. The largest absolute Gasteiger partial charge is 0.349 e. The highest BCUT2D eigenvalue weighted by atomic mass is 35.5. The van der Waals surface area contributed by atoms with Gasteiger partial charge >= 0.3 is 0 Å². The van der Waals surface area contributed by atoms with E-state index in [1.54, 1.807) is 12.1 Å². The summed E-state index contributed by atoms with van der Waals surface area (Å²) >= 11 is 6.07. The normalized spacial score (nSPS) is 26.0. The van der Waals surface area contributed by atoms with Gasteiger partial charge in [0.1, 0.15) is 6.29 Å². The van der Waals surface area contributed by atoms with Gasteiger partial charge in [-0.05, 0) is 31.9 Å². The van der Waals surface area contributed by atoms with Gasteiger partial charge < -0.3 is 10.6 Å². The van der Waals surface area contributed by atoms with Crippen LogP contribution in [0.3, 0.4) is 0 Å². The Hall–Kier alpha value is -1.63. The fraction of sp³-hybridized carbons (Fsp3) is 0.529. The molecule has 2 aliphatic rings. The zero-order valence-electron chi connectivity index (χ0n) is 13.7. The molecule has 1 aromatic carbocycles. The smallest absolute Gasteiger partial charge is 0.253 e. The first-order chi connectivity index (χ1) is 11.5. The molecule has 130 valence electrons. The van der Waals surface area contributed by atoms with Gasteiger partial charge in [-0.15, -0.1) is 0 Å². The number of piperidine rings is 1. The van der Waals surface area contributed by atoms with E-state index in [4.69, 9.17) is 11.6 Å². The van der Waals surface area contributed by atoms with Gasteiger partial charge in [-0.2, -0.15) is 0 Å². The van der Waals surface area contributed by atoms with Gasteiger partial charge in [-0.3, -0.25) is 19.8 Å². The van der Waals surface area contributed by atoms with Gasteiger partial charge in [0, 0.05) is 31.6 Å². The third kappa shape index (κ3) is 4.06. The van der Waals surface area contributed by atoms with Crippen LogP contribution in [-0.2, 0) is 4.79 Å². The van der Waals surface area contributed by atoms with E-state index < -0.39 is 0 Å². The van der Waals surface area contributed by atoms with E-state index >= 15 is 0 Å². The summed E-state index contributed by atoms with van der Waals surface area (Å²) < 4.78 is 0. The standard InChI is InChI=1S/C17H23ClN4O2/c1-11-10-15(23)21-17(19-11)22-8-6-12(7-9-22)20-16(24)13-4-2-3-5-14(13)18/h2-5,11-12,17,19H,6-10H2,1H3,(H,20,24)(H,21,23). The quantitative estimate of drug-likeness (QED) is 0.768. The SMILES string of the molecule is CC1CC(=O)NC(N2CCC(NC(=O)c3ccccc3Cl)CC2)N1. The lowest BCUT2D eigenvalue weighted by Crippen LogP contribution is -2.65. The predicted octanol–water partition coefficient (Wildman–Crippen LogP) is 1.32. The van der Waals surface area contributed by atoms with Crippen LogP contribution in [0.15, 0.2) is 24.3 Å². The average molecular weight is 351 g/mol. The van der Waals surface area contributed by atoms with E-state index in [-0.39, 0.29) is 30.2 Å². The number of likely N-dealkylation sites (tertiary alicyclic amines) is 1. The second kappa shape index (κ2) is 7.51. The summed E-state index contributed by atoms with van der Waals surface area (Å²) in [6.45, 7) is 3.65. The fourth-order valence-electron chi connectivity index (χ4n) is 3.27. The number of nitrogens with zero attached hydrogens (tertiary/aromatic N) is 1. The van der Waals surface area contributed by atoms with E-state index in [2.05, 4.69) is 20.9 Å². The summed E-state index contributed by atoms with van der Waals surface area (Å²) in [5.74, 6) is -0.0443. The molecule has 2 aliphatic heterocycles. The lowest BCUT2D eigenvalue weighted by Gasteiger charge is -2.41.